The van der Waals surface area contributed by atoms with Gasteiger partial charge in [-0.2, -0.15) is 0 Å². The third-order valence-corrected chi connectivity index (χ3v) is 4.67. The molecule has 1 atom stereocenters. The Morgan fingerprint density at radius 1 is 1.56 bits per heavy atom. The zero-order chi connectivity index (χ0) is 13.0. The van der Waals surface area contributed by atoms with Crippen LogP contribution in [0.3, 0.4) is 0 Å². The van der Waals surface area contributed by atoms with Crippen molar-refractivity contribution in [3.05, 3.63) is 16.1 Å². The maximum atomic E-state index is 10.5. The summed E-state index contributed by atoms with van der Waals surface area (Å²) in [6, 6.07) is 1.25. The Hall–Kier alpha value is -0.740. The molecule has 4 heteroatoms. The summed E-state index contributed by atoms with van der Waals surface area (Å²) in [5.74, 6) is 0. The van der Waals surface area contributed by atoms with Crippen LogP contribution in [-0.4, -0.2) is 34.8 Å². The van der Waals surface area contributed by atoms with Gasteiger partial charge in [0.05, 0.1) is 5.01 Å². The van der Waals surface area contributed by atoms with Crippen molar-refractivity contribution in [1.29, 1.82) is 0 Å². The molecule has 2 rings (SSSR count). The van der Waals surface area contributed by atoms with Crippen LogP contribution in [-0.2, 0) is 17.6 Å². The Bertz CT molecular complexity index is 389. The minimum absolute atomic E-state index is 0.510. The molecule has 2 heterocycles. The molecule has 0 saturated carbocycles. The summed E-state index contributed by atoms with van der Waals surface area (Å²) >= 11 is 1.70. The summed E-state index contributed by atoms with van der Waals surface area (Å²) in [5.41, 5.74) is 0. The van der Waals surface area contributed by atoms with E-state index in [2.05, 4.69) is 23.7 Å². The fourth-order valence-electron chi connectivity index (χ4n) is 2.74. The summed E-state index contributed by atoms with van der Waals surface area (Å²) in [4.78, 5) is 18.6. The van der Waals surface area contributed by atoms with E-state index < -0.39 is 0 Å². The van der Waals surface area contributed by atoms with Gasteiger partial charge >= 0.3 is 0 Å². The van der Waals surface area contributed by atoms with Crippen molar-refractivity contribution in [2.24, 2.45) is 0 Å². The van der Waals surface area contributed by atoms with Gasteiger partial charge in [-0.05, 0) is 33.2 Å². The first-order valence-electron chi connectivity index (χ1n) is 6.83. The number of piperidine rings is 1. The van der Waals surface area contributed by atoms with Crippen molar-refractivity contribution in [3.8, 4) is 0 Å². The second-order valence-corrected chi connectivity index (χ2v) is 6.48. The van der Waals surface area contributed by atoms with E-state index in [1.807, 2.05) is 6.20 Å². The van der Waals surface area contributed by atoms with Crippen molar-refractivity contribution < 1.29 is 4.79 Å². The number of aldehydes is 1. The van der Waals surface area contributed by atoms with Gasteiger partial charge in [0.2, 0.25) is 0 Å². The third-order valence-electron chi connectivity index (χ3n) is 3.63. The molecular formula is C14H22N2OS. The van der Waals surface area contributed by atoms with Crippen LogP contribution >= 0.6 is 11.3 Å². The lowest BCUT2D eigenvalue weighted by Crippen LogP contribution is -2.44. The number of carbonyl (C=O) groups is 1. The Morgan fingerprint density at radius 2 is 2.39 bits per heavy atom. The number of hydrogen-bond acceptors (Lipinski definition) is 4. The van der Waals surface area contributed by atoms with E-state index in [1.165, 1.54) is 30.8 Å². The zero-order valence-corrected chi connectivity index (χ0v) is 12.1. The normalized spacial score (nSPS) is 21.4. The minimum atomic E-state index is 0.510. The average molecular weight is 266 g/mol. The summed E-state index contributed by atoms with van der Waals surface area (Å²) < 4.78 is 0. The fraction of sp³-hybridized carbons (Fsp3) is 0.714. The van der Waals surface area contributed by atoms with E-state index in [1.54, 1.807) is 11.3 Å². The molecule has 0 N–H and O–H groups in total. The van der Waals surface area contributed by atoms with Gasteiger partial charge in [0.1, 0.15) is 6.29 Å². The molecule has 1 aliphatic heterocycles. The van der Waals surface area contributed by atoms with Crippen LogP contribution in [0.5, 0.6) is 0 Å². The monoisotopic (exact) mass is 266 g/mol. The van der Waals surface area contributed by atoms with Gasteiger partial charge < -0.3 is 4.79 Å². The Kier molecular flexibility index (Phi) is 4.89. The van der Waals surface area contributed by atoms with E-state index in [9.17, 15) is 4.79 Å². The number of aromatic nitrogens is 1. The maximum Gasteiger partial charge on any atom is 0.125 e. The average Bonchev–Trinajstić information content (AvgIpc) is 2.77. The predicted octanol–water partition coefficient (Wildman–Crippen LogP) is 2.69. The quantitative estimate of drug-likeness (QED) is 0.768. The molecule has 0 aliphatic carbocycles. The van der Waals surface area contributed by atoms with Crippen molar-refractivity contribution in [2.45, 2.75) is 58.0 Å². The molecule has 1 aliphatic rings. The number of nitrogens with zero attached hydrogens (tertiary/aromatic N) is 2. The highest BCUT2D eigenvalue weighted by atomic mass is 32.1. The molecule has 0 radical (unpaired) electrons. The van der Waals surface area contributed by atoms with Crippen molar-refractivity contribution in [1.82, 2.24) is 9.88 Å². The van der Waals surface area contributed by atoms with E-state index in [0.717, 1.165) is 17.6 Å². The highest BCUT2D eigenvalue weighted by Gasteiger charge is 2.25. The molecule has 18 heavy (non-hydrogen) atoms. The lowest BCUT2D eigenvalue weighted by atomic mass is 9.98. The largest absolute Gasteiger partial charge is 0.303 e. The van der Waals surface area contributed by atoms with Crippen LogP contribution in [0.1, 0.15) is 43.0 Å². The van der Waals surface area contributed by atoms with E-state index in [-0.39, 0.29) is 0 Å². The molecular weight excluding hydrogens is 244 g/mol. The SMILES string of the molecule is CC(C)N1CCCCC1Cc1ncc(CC=O)s1. The van der Waals surface area contributed by atoms with Crippen LogP contribution in [0.4, 0.5) is 0 Å². The summed E-state index contributed by atoms with van der Waals surface area (Å²) in [6.45, 7) is 5.77. The van der Waals surface area contributed by atoms with Crippen LogP contribution in [0.15, 0.2) is 6.20 Å². The molecule has 1 saturated heterocycles. The van der Waals surface area contributed by atoms with E-state index >= 15 is 0 Å². The van der Waals surface area contributed by atoms with Crippen LogP contribution in [0.2, 0.25) is 0 Å². The number of carbonyl (C=O) groups excluding carboxylic acids is 1. The first-order chi connectivity index (χ1) is 8.70. The lowest BCUT2D eigenvalue weighted by Gasteiger charge is -2.38. The standard InChI is InChI=1S/C14H22N2OS/c1-11(2)16-7-4-3-5-12(16)9-14-15-10-13(18-14)6-8-17/h8,10-12H,3-7,9H2,1-2H3. The van der Waals surface area contributed by atoms with E-state index in [4.69, 9.17) is 0 Å². The molecule has 100 valence electrons. The Morgan fingerprint density at radius 3 is 3.11 bits per heavy atom. The van der Waals surface area contributed by atoms with Gasteiger partial charge in [-0.25, -0.2) is 4.98 Å². The highest BCUT2D eigenvalue weighted by Crippen LogP contribution is 2.24. The molecule has 0 spiro atoms. The first-order valence-corrected chi connectivity index (χ1v) is 7.65. The number of rotatable bonds is 5. The van der Waals surface area contributed by atoms with Crippen LogP contribution in [0.25, 0.3) is 0 Å². The summed E-state index contributed by atoms with van der Waals surface area (Å²) in [5, 5.41) is 1.18. The van der Waals surface area contributed by atoms with Gasteiger partial charge in [0.25, 0.3) is 0 Å². The maximum absolute atomic E-state index is 10.5. The molecule has 1 fully saturated rings. The number of likely N-dealkylation sites (tertiary alicyclic amines) is 1. The summed E-state index contributed by atoms with van der Waals surface area (Å²) in [6.07, 6.45) is 8.30. The predicted molar refractivity (Wildman–Crippen MR) is 75.1 cm³/mol. The van der Waals surface area contributed by atoms with Gasteiger partial charge in [0, 0.05) is 36.0 Å². The lowest BCUT2D eigenvalue weighted by molar-refractivity contribution is -0.107. The highest BCUT2D eigenvalue weighted by molar-refractivity contribution is 7.11. The Labute approximate surface area is 113 Å². The van der Waals surface area contributed by atoms with Crippen molar-refractivity contribution in [3.63, 3.8) is 0 Å². The third kappa shape index (κ3) is 3.39. The van der Waals surface area contributed by atoms with Gasteiger partial charge in [-0.3, -0.25) is 4.90 Å². The number of thiazole rings is 1. The molecule has 3 nitrogen and oxygen atoms in total. The number of hydrogen-bond donors (Lipinski definition) is 0. The minimum Gasteiger partial charge on any atom is -0.303 e. The van der Waals surface area contributed by atoms with Crippen LogP contribution < -0.4 is 0 Å². The molecule has 1 aromatic rings. The first kappa shape index (κ1) is 13.7. The van der Waals surface area contributed by atoms with E-state index in [0.29, 0.717) is 18.5 Å². The second kappa shape index (κ2) is 6.43. The molecule has 0 bridgehead atoms. The van der Waals surface area contributed by atoms with Gasteiger partial charge in [0.15, 0.2) is 0 Å². The molecule has 1 unspecified atom stereocenters. The molecule has 0 amide bonds. The van der Waals surface area contributed by atoms with Gasteiger partial charge in [-0.1, -0.05) is 6.42 Å². The van der Waals surface area contributed by atoms with Crippen LogP contribution in [0, 0.1) is 0 Å². The topological polar surface area (TPSA) is 33.2 Å². The summed E-state index contributed by atoms with van der Waals surface area (Å²) in [7, 11) is 0. The second-order valence-electron chi connectivity index (χ2n) is 5.28. The Balaban J connectivity index is 1.99. The van der Waals surface area contributed by atoms with Crippen molar-refractivity contribution in [2.75, 3.05) is 6.54 Å². The smallest absolute Gasteiger partial charge is 0.125 e. The zero-order valence-electron chi connectivity index (χ0n) is 11.3. The van der Waals surface area contributed by atoms with Gasteiger partial charge in [-0.15, -0.1) is 11.3 Å². The van der Waals surface area contributed by atoms with Crippen molar-refractivity contribution >= 4 is 17.6 Å². The molecule has 1 aromatic heterocycles. The molecule has 0 aromatic carbocycles. The fourth-order valence-corrected chi connectivity index (χ4v) is 3.68.